The number of rotatable bonds is 5. The number of aliphatic imine (C=N–C) groups is 1. The summed E-state index contributed by atoms with van der Waals surface area (Å²) in [5.74, 6) is -0.255. The zero-order chi connectivity index (χ0) is 24.9. The van der Waals surface area contributed by atoms with E-state index in [0.29, 0.717) is 36.5 Å². The lowest BCUT2D eigenvalue weighted by Gasteiger charge is -2.52. The summed E-state index contributed by atoms with van der Waals surface area (Å²) in [5.41, 5.74) is -0.0592. The Morgan fingerprint density at radius 1 is 0.886 bits per heavy atom. The monoisotopic (exact) mass is 483 g/mol. The maximum atomic E-state index is 12.7. The number of esters is 1. The van der Waals surface area contributed by atoms with Gasteiger partial charge in [0.2, 0.25) is 0 Å². The first-order chi connectivity index (χ1) is 16.7. The van der Waals surface area contributed by atoms with Crippen molar-refractivity contribution in [3.63, 3.8) is 0 Å². The van der Waals surface area contributed by atoms with Crippen LogP contribution in [0.15, 0.2) is 35.3 Å². The fourth-order valence-electron chi connectivity index (χ4n) is 6.27. The summed E-state index contributed by atoms with van der Waals surface area (Å²) in [7, 11) is 0. The van der Waals surface area contributed by atoms with Crippen LogP contribution in [0.5, 0.6) is 0 Å². The molecular formula is C29H45N3O3. The average Bonchev–Trinajstić information content (AvgIpc) is 2.83. The van der Waals surface area contributed by atoms with E-state index in [1.807, 2.05) is 30.3 Å². The number of nitrogens with one attached hydrogen (secondary N) is 1. The summed E-state index contributed by atoms with van der Waals surface area (Å²) < 4.78 is 5.98. The maximum Gasteiger partial charge on any atom is 0.338 e. The van der Waals surface area contributed by atoms with Gasteiger partial charge in [-0.1, -0.05) is 56.7 Å². The topological polar surface area (TPSA) is 63.2 Å². The number of hydroxylamine groups is 2. The molecule has 6 heteroatoms. The average molecular weight is 484 g/mol. The van der Waals surface area contributed by atoms with E-state index < -0.39 is 0 Å². The summed E-state index contributed by atoms with van der Waals surface area (Å²) >= 11 is 0. The second kappa shape index (κ2) is 11.3. The van der Waals surface area contributed by atoms with Crippen molar-refractivity contribution in [2.24, 2.45) is 4.99 Å². The molecule has 3 aliphatic rings. The van der Waals surface area contributed by atoms with Crippen molar-refractivity contribution < 1.29 is 14.4 Å². The Hall–Kier alpha value is -2.08. The molecule has 194 valence electrons. The van der Waals surface area contributed by atoms with Crippen LogP contribution in [0.1, 0.15) is 115 Å². The predicted molar refractivity (Wildman–Crippen MR) is 140 cm³/mol. The molecule has 0 atom stereocenters. The number of benzene rings is 1. The molecule has 0 radical (unpaired) electrons. The van der Waals surface area contributed by atoms with Gasteiger partial charge in [-0.05, 0) is 65.5 Å². The Balaban J connectivity index is 1.48. The van der Waals surface area contributed by atoms with Gasteiger partial charge < -0.3 is 14.9 Å². The molecule has 4 rings (SSSR count). The number of nitrogens with zero attached hydrogens (tertiary/aromatic N) is 2. The van der Waals surface area contributed by atoms with Crippen LogP contribution in [0, 0.1) is 0 Å². The Morgan fingerprint density at radius 3 is 2.06 bits per heavy atom. The van der Waals surface area contributed by atoms with E-state index >= 15 is 0 Å². The Bertz CT molecular complexity index is 837. The third-order valence-electron chi connectivity index (χ3n) is 7.82. The number of carbonyl (C=O) groups is 1. The Labute approximate surface area is 211 Å². The Morgan fingerprint density at radius 2 is 1.46 bits per heavy atom. The van der Waals surface area contributed by atoms with Gasteiger partial charge in [0, 0.05) is 18.9 Å². The van der Waals surface area contributed by atoms with E-state index in [2.05, 4.69) is 38.1 Å². The van der Waals surface area contributed by atoms with E-state index in [4.69, 9.17) is 14.6 Å². The summed E-state index contributed by atoms with van der Waals surface area (Å²) in [6, 6.07) is 10.7. The SMILES string of the molecule is CC1(C)CC(OC(=O)c2ccccc2)CC(C)(C)N1O/C(=N/C1CCCCC1)NC1CCCCC1. The van der Waals surface area contributed by atoms with Crippen molar-refractivity contribution >= 4 is 12.0 Å². The van der Waals surface area contributed by atoms with Gasteiger partial charge in [0.25, 0.3) is 0 Å². The predicted octanol–water partition coefficient (Wildman–Crippen LogP) is 6.41. The summed E-state index contributed by atoms with van der Waals surface area (Å²) in [6.45, 7) is 8.71. The van der Waals surface area contributed by atoms with E-state index in [9.17, 15) is 4.79 Å². The van der Waals surface area contributed by atoms with Gasteiger partial charge >= 0.3 is 12.0 Å². The Kier molecular flexibility index (Phi) is 8.41. The summed E-state index contributed by atoms with van der Waals surface area (Å²) in [5, 5.41) is 5.81. The van der Waals surface area contributed by atoms with Crippen LogP contribution in [0.3, 0.4) is 0 Å². The lowest BCUT2D eigenvalue weighted by molar-refractivity contribution is -0.246. The van der Waals surface area contributed by atoms with Crippen LogP contribution in [0.4, 0.5) is 0 Å². The van der Waals surface area contributed by atoms with Crippen molar-refractivity contribution in [1.82, 2.24) is 10.4 Å². The molecule has 1 N–H and O–H groups in total. The summed E-state index contributed by atoms with van der Waals surface area (Å²) in [6.07, 6.45) is 13.5. The highest BCUT2D eigenvalue weighted by molar-refractivity contribution is 5.89. The number of hydrogen-bond acceptors (Lipinski definition) is 5. The standard InChI is InChI=1S/C29H45N3O3/c1-28(2)20-25(34-26(33)22-14-8-5-9-15-22)21-29(3,4)32(28)35-27(30-23-16-10-6-11-17-23)31-24-18-12-7-13-19-24/h5,8-9,14-15,23-25H,6-7,10-13,16-21H2,1-4H3,(H,30,31). The van der Waals surface area contributed by atoms with Crippen LogP contribution in [-0.2, 0) is 9.57 Å². The molecule has 0 unspecified atom stereocenters. The van der Waals surface area contributed by atoms with Crippen molar-refractivity contribution in [1.29, 1.82) is 0 Å². The van der Waals surface area contributed by atoms with Gasteiger partial charge in [0.15, 0.2) is 0 Å². The van der Waals surface area contributed by atoms with Crippen molar-refractivity contribution in [2.75, 3.05) is 0 Å². The minimum atomic E-state index is -0.328. The lowest BCUT2D eigenvalue weighted by Crippen LogP contribution is -2.63. The van der Waals surface area contributed by atoms with E-state index in [1.54, 1.807) is 0 Å². The molecule has 2 saturated carbocycles. The van der Waals surface area contributed by atoms with Gasteiger partial charge in [-0.15, -0.1) is 5.06 Å². The largest absolute Gasteiger partial charge is 0.459 e. The molecule has 6 nitrogen and oxygen atoms in total. The van der Waals surface area contributed by atoms with Gasteiger partial charge in [-0.2, -0.15) is 0 Å². The van der Waals surface area contributed by atoms with Crippen molar-refractivity contribution in [2.45, 2.75) is 134 Å². The quantitative estimate of drug-likeness (QED) is 0.298. The van der Waals surface area contributed by atoms with Crippen molar-refractivity contribution in [3.05, 3.63) is 35.9 Å². The van der Waals surface area contributed by atoms with Crippen LogP contribution in [0.25, 0.3) is 0 Å². The molecule has 1 heterocycles. The molecule has 1 aliphatic heterocycles. The zero-order valence-corrected chi connectivity index (χ0v) is 22.2. The third-order valence-corrected chi connectivity index (χ3v) is 7.82. The molecule has 0 bridgehead atoms. The van der Waals surface area contributed by atoms with E-state index in [0.717, 1.165) is 12.8 Å². The highest BCUT2D eigenvalue weighted by atomic mass is 16.7. The second-order valence-electron chi connectivity index (χ2n) is 12.0. The van der Waals surface area contributed by atoms with Gasteiger partial charge in [0.1, 0.15) is 6.10 Å². The fraction of sp³-hybridized carbons (Fsp3) is 0.724. The van der Waals surface area contributed by atoms with Gasteiger partial charge in [0.05, 0.1) is 22.7 Å². The summed E-state index contributed by atoms with van der Waals surface area (Å²) in [4.78, 5) is 24.6. The molecule has 35 heavy (non-hydrogen) atoms. The van der Waals surface area contributed by atoms with Crippen LogP contribution in [0.2, 0.25) is 0 Å². The smallest absolute Gasteiger partial charge is 0.338 e. The number of hydrogen-bond donors (Lipinski definition) is 1. The zero-order valence-electron chi connectivity index (χ0n) is 22.2. The van der Waals surface area contributed by atoms with E-state index in [1.165, 1.54) is 51.4 Å². The first-order valence-electron chi connectivity index (χ1n) is 13.8. The fourth-order valence-corrected chi connectivity index (χ4v) is 6.27. The number of carbonyl (C=O) groups excluding carboxylic acids is 1. The highest BCUT2D eigenvalue weighted by Gasteiger charge is 2.49. The molecule has 0 amide bonds. The number of amidine groups is 1. The molecule has 0 spiro atoms. The van der Waals surface area contributed by atoms with E-state index in [-0.39, 0.29) is 23.2 Å². The van der Waals surface area contributed by atoms with Crippen LogP contribution >= 0.6 is 0 Å². The van der Waals surface area contributed by atoms with Gasteiger partial charge in [-0.3, -0.25) is 0 Å². The highest BCUT2D eigenvalue weighted by Crippen LogP contribution is 2.40. The maximum absolute atomic E-state index is 12.7. The van der Waals surface area contributed by atoms with Crippen LogP contribution < -0.4 is 5.32 Å². The number of ether oxygens (including phenoxy) is 1. The molecule has 1 saturated heterocycles. The lowest BCUT2D eigenvalue weighted by atomic mass is 9.80. The van der Waals surface area contributed by atoms with Gasteiger partial charge in [-0.25, -0.2) is 9.79 Å². The molecule has 3 fully saturated rings. The molecule has 1 aromatic rings. The molecule has 0 aromatic heterocycles. The molecule has 1 aromatic carbocycles. The minimum Gasteiger partial charge on any atom is -0.459 e. The van der Waals surface area contributed by atoms with Crippen LogP contribution in [-0.4, -0.2) is 46.3 Å². The second-order valence-corrected chi connectivity index (χ2v) is 12.0. The molecule has 2 aliphatic carbocycles. The molecular weight excluding hydrogens is 438 g/mol. The normalized spacial score (nSPS) is 24.6. The number of piperidine rings is 1. The third kappa shape index (κ3) is 6.99. The first kappa shape index (κ1) is 26.0. The minimum absolute atomic E-state index is 0.169. The van der Waals surface area contributed by atoms with Crippen molar-refractivity contribution in [3.8, 4) is 0 Å². The first-order valence-corrected chi connectivity index (χ1v) is 13.8.